The molecule has 0 aromatic heterocycles. The van der Waals surface area contributed by atoms with Gasteiger partial charge in [0.25, 0.3) is 0 Å². The van der Waals surface area contributed by atoms with Crippen molar-refractivity contribution in [3.05, 3.63) is 0 Å². The van der Waals surface area contributed by atoms with E-state index in [1.807, 2.05) is 0 Å². The molecule has 0 unspecified atom stereocenters. The van der Waals surface area contributed by atoms with Crippen LogP contribution in [0.5, 0.6) is 0 Å². The van der Waals surface area contributed by atoms with Crippen LogP contribution < -0.4 is 5.73 Å². The quantitative estimate of drug-likeness (QED) is 0.674. The van der Waals surface area contributed by atoms with E-state index in [9.17, 15) is 4.79 Å². The lowest BCUT2D eigenvalue weighted by atomic mass is 9.75. The molecular weight excluding hydrogens is 150 g/mol. The lowest BCUT2D eigenvalue weighted by molar-refractivity contribution is -0.119. The highest BCUT2D eigenvalue weighted by molar-refractivity contribution is 5.74. The van der Waals surface area contributed by atoms with Crippen molar-refractivity contribution in [3.63, 3.8) is 0 Å². The Hall–Kier alpha value is -0.530. The van der Waals surface area contributed by atoms with Gasteiger partial charge in [0, 0.05) is 6.42 Å². The van der Waals surface area contributed by atoms with Gasteiger partial charge in [-0.3, -0.25) is 4.79 Å². The number of carbonyl (C=O) groups is 1. The molecule has 0 bridgehead atoms. The topological polar surface area (TPSA) is 43.1 Å². The van der Waals surface area contributed by atoms with Crippen LogP contribution >= 0.6 is 0 Å². The maximum Gasteiger partial charge on any atom is 0.217 e. The molecule has 12 heavy (non-hydrogen) atoms. The number of rotatable bonds is 2. The van der Waals surface area contributed by atoms with Crippen molar-refractivity contribution < 1.29 is 4.79 Å². The van der Waals surface area contributed by atoms with Gasteiger partial charge in [0.1, 0.15) is 0 Å². The minimum absolute atomic E-state index is 0.151. The molecule has 1 fully saturated rings. The zero-order chi connectivity index (χ0) is 9.35. The number of amides is 1. The van der Waals surface area contributed by atoms with Crippen molar-refractivity contribution >= 4 is 5.91 Å². The lowest BCUT2D eigenvalue weighted by Gasteiger charge is -2.30. The molecule has 0 aliphatic heterocycles. The third-order valence-electron chi connectivity index (χ3n) is 3.72. The molecule has 0 aromatic carbocycles. The molecule has 0 radical (unpaired) electrons. The molecule has 1 amide bonds. The number of carbonyl (C=O) groups excluding carboxylic acids is 1. The molecule has 0 saturated heterocycles. The van der Waals surface area contributed by atoms with Crippen LogP contribution in [0, 0.1) is 17.3 Å². The molecule has 1 aliphatic carbocycles. The molecule has 2 N–H and O–H groups in total. The second-order valence-electron chi connectivity index (χ2n) is 4.67. The van der Waals surface area contributed by atoms with Gasteiger partial charge in [0.05, 0.1) is 0 Å². The fourth-order valence-corrected chi connectivity index (χ4v) is 2.21. The Balaban J connectivity index is 2.62. The predicted molar refractivity (Wildman–Crippen MR) is 49.5 cm³/mol. The van der Waals surface area contributed by atoms with Crippen molar-refractivity contribution in [1.29, 1.82) is 0 Å². The van der Waals surface area contributed by atoms with E-state index in [-0.39, 0.29) is 5.91 Å². The van der Waals surface area contributed by atoms with Crippen LogP contribution in [0.1, 0.15) is 40.0 Å². The molecule has 0 aromatic rings. The van der Waals surface area contributed by atoms with Crippen LogP contribution in [-0.2, 0) is 4.79 Å². The van der Waals surface area contributed by atoms with Gasteiger partial charge >= 0.3 is 0 Å². The lowest BCUT2D eigenvalue weighted by Crippen LogP contribution is -2.27. The maximum absolute atomic E-state index is 10.8. The molecular formula is C10H19NO. The van der Waals surface area contributed by atoms with Crippen LogP contribution in [0.3, 0.4) is 0 Å². The first-order valence-electron chi connectivity index (χ1n) is 4.73. The Bertz CT molecular complexity index is 186. The van der Waals surface area contributed by atoms with Gasteiger partial charge in [-0.15, -0.1) is 0 Å². The van der Waals surface area contributed by atoms with Gasteiger partial charge in [-0.25, -0.2) is 0 Å². The van der Waals surface area contributed by atoms with Gasteiger partial charge in [-0.1, -0.05) is 20.8 Å². The normalized spacial score (nSPS) is 33.6. The van der Waals surface area contributed by atoms with Gasteiger partial charge < -0.3 is 5.73 Å². The molecule has 0 heterocycles. The Labute approximate surface area is 74.5 Å². The first-order chi connectivity index (χ1) is 5.44. The van der Waals surface area contributed by atoms with E-state index in [0.29, 0.717) is 17.8 Å². The SMILES string of the molecule is C[C@@H]1CC[C@@H](CC(N)=O)C1(C)C. The van der Waals surface area contributed by atoms with Crippen molar-refractivity contribution in [2.24, 2.45) is 23.0 Å². The fourth-order valence-electron chi connectivity index (χ4n) is 2.21. The highest BCUT2D eigenvalue weighted by Crippen LogP contribution is 2.48. The van der Waals surface area contributed by atoms with E-state index in [1.165, 1.54) is 6.42 Å². The summed E-state index contributed by atoms with van der Waals surface area (Å²) < 4.78 is 0. The minimum atomic E-state index is -0.151. The minimum Gasteiger partial charge on any atom is -0.370 e. The zero-order valence-corrected chi connectivity index (χ0v) is 8.26. The summed E-state index contributed by atoms with van der Waals surface area (Å²) in [5.74, 6) is 1.08. The average molecular weight is 169 g/mol. The largest absolute Gasteiger partial charge is 0.370 e. The third-order valence-corrected chi connectivity index (χ3v) is 3.72. The second kappa shape index (κ2) is 3.08. The highest BCUT2D eigenvalue weighted by Gasteiger charge is 2.40. The first-order valence-corrected chi connectivity index (χ1v) is 4.73. The Morgan fingerprint density at radius 3 is 2.42 bits per heavy atom. The van der Waals surface area contributed by atoms with Crippen LogP contribution in [0.25, 0.3) is 0 Å². The molecule has 1 aliphatic rings. The molecule has 1 rings (SSSR count). The molecule has 2 atom stereocenters. The second-order valence-corrected chi connectivity index (χ2v) is 4.67. The van der Waals surface area contributed by atoms with E-state index in [0.717, 1.165) is 12.3 Å². The van der Waals surface area contributed by atoms with Crippen LogP contribution in [0.2, 0.25) is 0 Å². The summed E-state index contributed by atoms with van der Waals surface area (Å²) in [5, 5.41) is 0. The van der Waals surface area contributed by atoms with Crippen molar-refractivity contribution in [3.8, 4) is 0 Å². The number of primary amides is 1. The third kappa shape index (κ3) is 1.62. The summed E-state index contributed by atoms with van der Waals surface area (Å²) in [6.45, 7) is 6.76. The molecule has 1 saturated carbocycles. The standard InChI is InChI=1S/C10H19NO/c1-7-4-5-8(6-9(11)12)10(7,2)3/h7-8H,4-6H2,1-3H3,(H2,11,12)/t7-,8+/m1/s1. The predicted octanol–water partition coefficient (Wildman–Crippen LogP) is 1.93. The molecule has 70 valence electrons. The highest BCUT2D eigenvalue weighted by atomic mass is 16.1. The van der Waals surface area contributed by atoms with Gasteiger partial charge in [0.2, 0.25) is 5.91 Å². The summed E-state index contributed by atoms with van der Waals surface area (Å²) in [5.41, 5.74) is 5.50. The zero-order valence-electron chi connectivity index (χ0n) is 8.26. The smallest absolute Gasteiger partial charge is 0.217 e. The summed E-state index contributed by atoms with van der Waals surface area (Å²) in [7, 11) is 0. The fraction of sp³-hybridized carbons (Fsp3) is 0.900. The average Bonchev–Trinajstić information content (AvgIpc) is 2.15. The number of hydrogen-bond donors (Lipinski definition) is 1. The van der Waals surface area contributed by atoms with E-state index in [1.54, 1.807) is 0 Å². The van der Waals surface area contributed by atoms with Crippen LogP contribution in [0.15, 0.2) is 0 Å². The molecule has 2 heteroatoms. The van der Waals surface area contributed by atoms with Crippen LogP contribution in [-0.4, -0.2) is 5.91 Å². The number of nitrogens with two attached hydrogens (primary N) is 1. The van der Waals surface area contributed by atoms with E-state index in [4.69, 9.17) is 5.73 Å². The van der Waals surface area contributed by atoms with Gasteiger partial charge in [0.15, 0.2) is 0 Å². The van der Waals surface area contributed by atoms with E-state index in [2.05, 4.69) is 20.8 Å². The monoisotopic (exact) mass is 169 g/mol. The van der Waals surface area contributed by atoms with Crippen molar-refractivity contribution in [2.75, 3.05) is 0 Å². The Kier molecular flexibility index (Phi) is 2.45. The van der Waals surface area contributed by atoms with E-state index >= 15 is 0 Å². The maximum atomic E-state index is 10.8. The summed E-state index contributed by atoms with van der Waals surface area (Å²) >= 11 is 0. The van der Waals surface area contributed by atoms with Crippen molar-refractivity contribution in [2.45, 2.75) is 40.0 Å². The molecule has 2 nitrogen and oxygen atoms in total. The summed E-state index contributed by atoms with van der Waals surface area (Å²) in [6, 6.07) is 0. The van der Waals surface area contributed by atoms with E-state index < -0.39 is 0 Å². The first kappa shape index (κ1) is 9.56. The van der Waals surface area contributed by atoms with Crippen LogP contribution in [0.4, 0.5) is 0 Å². The summed E-state index contributed by atoms with van der Waals surface area (Å²) in [6.07, 6.45) is 2.97. The molecule has 0 spiro atoms. The Morgan fingerprint density at radius 1 is 1.50 bits per heavy atom. The van der Waals surface area contributed by atoms with Crippen molar-refractivity contribution in [1.82, 2.24) is 0 Å². The number of hydrogen-bond acceptors (Lipinski definition) is 1. The summed E-state index contributed by atoms with van der Waals surface area (Å²) in [4.78, 5) is 10.8. The Morgan fingerprint density at radius 2 is 2.08 bits per heavy atom. The van der Waals surface area contributed by atoms with Gasteiger partial charge in [-0.05, 0) is 30.1 Å². The van der Waals surface area contributed by atoms with Gasteiger partial charge in [-0.2, -0.15) is 0 Å².